The molecular formula is C14H17N3O2S. The van der Waals surface area contributed by atoms with Gasteiger partial charge in [0, 0.05) is 28.9 Å². The Morgan fingerprint density at radius 1 is 1.50 bits per heavy atom. The topological polar surface area (TPSA) is 77.2 Å². The number of nitrogen functional groups attached to an aromatic ring is 1. The summed E-state index contributed by atoms with van der Waals surface area (Å²) < 4.78 is 5.38. The molecule has 5 nitrogen and oxygen atoms in total. The average molecular weight is 291 g/mol. The van der Waals surface area contributed by atoms with E-state index in [0.717, 1.165) is 5.01 Å². The maximum absolute atomic E-state index is 12.2. The molecule has 1 heterocycles. The zero-order chi connectivity index (χ0) is 14.5. The van der Waals surface area contributed by atoms with E-state index in [1.165, 1.54) is 11.3 Å². The predicted molar refractivity (Wildman–Crippen MR) is 80.0 cm³/mol. The second kappa shape index (κ2) is 6.38. The highest BCUT2D eigenvalue weighted by atomic mass is 32.1. The van der Waals surface area contributed by atoms with E-state index in [2.05, 4.69) is 10.3 Å². The van der Waals surface area contributed by atoms with Gasteiger partial charge < -0.3 is 15.8 Å². The smallest absolute Gasteiger partial charge is 0.252 e. The fourth-order valence-electron chi connectivity index (χ4n) is 1.79. The van der Waals surface area contributed by atoms with Gasteiger partial charge in [-0.1, -0.05) is 0 Å². The van der Waals surface area contributed by atoms with Crippen molar-refractivity contribution >= 4 is 22.9 Å². The molecule has 1 amide bonds. The number of aromatic nitrogens is 1. The van der Waals surface area contributed by atoms with Crippen molar-refractivity contribution in [3.63, 3.8) is 0 Å². The highest BCUT2D eigenvalue weighted by molar-refractivity contribution is 7.09. The molecule has 2 rings (SSSR count). The van der Waals surface area contributed by atoms with Crippen molar-refractivity contribution in [1.82, 2.24) is 10.3 Å². The third kappa shape index (κ3) is 3.48. The van der Waals surface area contributed by atoms with Gasteiger partial charge in [-0.3, -0.25) is 4.79 Å². The summed E-state index contributed by atoms with van der Waals surface area (Å²) in [5, 5.41) is 5.64. The molecule has 3 N–H and O–H groups in total. The molecule has 1 unspecified atom stereocenters. The highest BCUT2D eigenvalue weighted by Crippen LogP contribution is 2.20. The van der Waals surface area contributed by atoms with E-state index >= 15 is 0 Å². The monoisotopic (exact) mass is 291 g/mol. The molecule has 0 saturated heterocycles. The Morgan fingerprint density at radius 2 is 2.30 bits per heavy atom. The minimum Gasteiger partial charge on any atom is -0.494 e. The zero-order valence-corrected chi connectivity index (χ0v) is 12.2. The molecule has 0 bridgehead atoms. The van der Waals surface area contributed by atoms with E-state index in [4.69, 9.17) is 10.5 Å². The number of nitrogens with zero attached hydrogens (tertiary/aromatic N) is 1. The van der Waals surface area contributed by atoms with Crippen molar-refractivity contribution in [3.05, 3.63) is 40.3 Å². The van der Waals surface area contributed by atoms with E-state index < -0.39 is 0 Å². The third-order valence-corrected chi connectivity index (χ3v) is 3.63. The number of nitrogens with two attached hydrogens (primary N) is 1. The Labute approximate surface area is 121 Å². The van der Waals surface area contributed by atoms with Crippen LogP contribution < -0.4 is 15.8 Å². The van der Waals surface area contributed by atoms with Crippen molar-refractivity contribution in [2.45, 2.75) is 19.9 Å². The van der Waals surface area contributed by atoms with Crippen molar-refractivity contribution in [1.29, 1.82) is 0 Å². The molecule has 6 heteroatoms. The van der Waals surface area contributed by atoms with E-state index in [-0.39, 0.29) is 11.9 Å². The van der Waals surface area contributed by atoms with Crippen LogP contribution in [0, 0.1) is 0 Å². The third-order valence-electron chi connectivity index (χ3n) is 2.67. The first kappa shape index (κ1) is 14.3. The number of thiazole rings is 1. The zero-order valence-electron chi connectivity index (χ0n) is 11.4. The van der Waals surface area contributed by atoms with Crippen LogP contribution in [0.1, 0.15) is 35.3 Å². The molecule has 0 spiro atoms. The lowest BCUT2D eigenvalue weighted by atomic mass is 10.1. The second-order valence-electron chi connectivity index (χ2n) is 4.29. The number of benzene rings is 1. The van der Waals surface area contributed by atoms with Gasteiger partial charge in [0.2, 0.25) is 0 Å². The largest absolute Gasteiger partial charge is 0.494 e. The number of amides is 1. The second-order valence-corrected chi connectivity index (χ2v) is 5.22. The number of carbonyl (C=O) groups excluding carboxylic acids is 1. The van der Waals surface area contributed by atoms with Crippen molar-refractivity contribution in [2.24, 2.45) is 0 Å². The van der Waals surface area contributed by atoms with Crippen LogP contribution in [0.2, 0.25) is 0 Å². The van der Waals surface area contributed by atoms with Crippen LogP contribution in [0.4, 0.5) is 5.69 Å². The van der Waals surface area contributed by atoms with Gasteiger partial charge in [-0.25, -0.2) is 4.98 Å². The van der Waals surface area contributed by atoms with Gasteiger partial charge in [0.1, 0.15) is 10.8 Å². The average Bonchev–Trinajstić information content (AvgIpc) is 2.92. The lowest BCUT2D eigenvalue weighted by Gasteiger charge is -2.12. The van der Waals surface area contributed by atoms with Crippen molar-refractivity contribution < 1.29 is 9.53 Å². The van der Waals surface area contributed by atoms with E-state index in [1.54, 1.807) is 24.4 Å². The number of nitrogens with one attached hydrogen (secondary N) is 1. The molecule has 0 aliphatic rings. The molecule has 0 aliphatic carbocycles. The fraction of sp³-hybridized carbons (Fsp3) is 0.286. The van der Waals surface area contributed by atoms with Crippen LogP contribution in [0.5, 0.6) is 5.75 Å². The van der Waals surface area contributed by atoms with Gasteiger partial charge in [0.05, 0.1) is 12.6 Å². The molecule has 106 valence electrons. The first-order valence-corrected chi connectivity index (χ1v) is 7.21. The summed E-state index contributed by atoms with van der Waals surface area (Å²) >= 11 is 1.51. The van der Waals surface area contributed by atoms with Crippen LogP contribution in [-0.4, -0.2) is 17.5 Å². The van der Waals surface area contributed by atoms with Crippen molar-refractivity contribution in [3.8, 4) is 5.75 Å². The number of hydrogen-bond acceptors (Lipinski definition) is 5. The number of rotatable bonds is 5. The molecular weight excluding hydrogens is 274 g/mol. The van der Waals surface area contributed by atoms with Gasteiger partial charge in [-0.05, 0) is 26.0 Å². The van der Waals surface area contributed by atoms with Gasteiger partial charge in [0.15, 0.2) is 0 Å². The molecule has 1 aromatic carbocycles. The fourth-order valence-corrected chi connectivity index (χ4v) is 2.44. The summed E-state index contributed by atoms with van der Waals surface area (Å²) in [5.41, 5.74) is 6.77. The van der Waals surface area contributed by atoms with Crippen LogP contribution in [0.25, 0.3) is 0 Å². The summed E-state index contributed by atoms with van der Waals surface area (Å²) in [6, 6.07) is 4.88. The predicted octanol–water partition coefficient (Wildman–Crippen LogP) is 2.62. The Hall–Kier alpha value is -2.08. The molecule has 1 aromatic heterocycles. The molecule has 0 radical (unpaired) electrons. The molecule has 0 saturated carbocycles. The number of hydrogen-bond donors (Lipinski definition) is 2. The van der Waals surface area contributed by atoms with Gasteiger partial charge in [-0.15, -0.1) is 11.3 Å². The molecule has 2 aromatic rings. The summed E-state index contributed by atoms with van der Waals surface area (Å²) in [5.74, 6) is 0.403. The minimum atomic E-state index is -0.194. The summed E-state index contributed by atoms with van der Waals surface area (Å²) in [6.45, 7) is 4.31. The molecule has 0 fully saturated rings. The molecule has 1 atom stereocenters. The van der Waals surface area contributed by atoms with Gasteiger partial charge in [-0.2, -0.15) is 0 Å². The number of carbonyl (C=O) groups is 1. The Kier molecular flexibility index (Phi) is 4.57. The molecule has 20 heavy (non-hydrogen) atoms. The Morgan fingerprint density at radius 3 is 2.95 bits per heavy atom. The highest BCUT2D eigenvalue weighted by Gasteiger charge is 2.14. The standard InChI is InChI=1S/C14H17N3O2S/c1-3-19-12-7-10(6-11(15)8-12)13(18)17-9(2)14-16-4-5-20-14/h4-9H,3,15H2,1-2H3,(H,17,18). The van der Waals surface area contributed by atoms with Crippen LogP contribution in [0.15, 0.2) is 29.8 Å². The lowest BCUT2D eigenvalue weighted by molar-refractivity contribution is 0.0939. The first-order chi connectivity index (χ1) is 9.60. The van der Waals surface area contributed by atoms with E-state index in [9.17, 15) is 4.79 Å². The molecule has 0 aliphatic heterocycles. The minimum absolute atomic E-state index is 0.139. The summed E-state index contributed by atoms with van der Waals surface area (Å²) in [4.78, 5) is 16.4. The number of ether oxygens (including phenoxy) is 1. The first-order valence-electron chi connectivity index (χ1n) is 6.33. The van der Waals surface area contributed by atoms with Crippen molar-refractivity contribution in [2.75, 3.05) is 12.3 Å². The lowest BCUT2D eigenvalue weighted by Crippen LogP contribution is -2.26. The summed E-state index contributed by atoms with van der Waals surface area (Å²) in [6.07, 6.45) is 1.72. The quantitative estimate of drug-likeness (QED) is 0.830. The maximum Gasteiger partial charge on any atom is 0.252 e. The normalized spacial score (nSPS) is 11.9. The van der Waals surface area contributed by atoms with Gasteiger partial charge >= 0.3 is 0 Å². The van der Waals surface area contributed by atoms with Crippen LogP contribution >= 0.6 is 11.3 Å². The SMILES string of the molecule is CCOc1cc(N)cc(C(=O)NC(C)c2nccs2)c1. The van der Waals surface area contributed by atoms with Gasteiger partial charge in [0.25, 0.3) is 5.91 Å². The van der Waals surface area contributed by atoms with E-state index in [1.807, 2.05) is 19.2 Å². The van der Waals surface area contributed by atoms with Crippen LogP contribution in [-0.2, 0) is 0 Å². The maximum atomic E-state index is 12.2. The summed E-state index contributed by atoms with van der Waals surface area (Å²) in [7, 11) is 0. The Balaban J connectivity index is 2.12. The van der Waals surface area contributed by atoms with E-state index in [0.29, 0.717) is 23.6 Å². The number of anilines is 1. The Bertz CT molecular complexity index is 584. The van der Waals surface area contributed by atoms with Crippen LogP contribution in [0.3, 0.4) is 0 Å².